The summed E-state index contributed by atoms with van der Waals surface area (Å²) < 4.78 is 0. The van der Waals surface area contributed by atoms with Crippen LogP contribution in [-0.2, 0) is 24.2 Å². The minimum absolute atomic E-state index is 0.710. The van der Waals surface area contributed by atoms with Gasteiger partial charge in [0.05, 0.1) is 12.8 Å². The van der Waals surface area contributed by atoms with Gasteiger partial charge in [-0.2, -0.15) is 4.89 Å². The fourth-order valence-corrected chi connectivity index (χ4v) is 0.948. The van der Waals surface area contributed by atoms with Gasteiger partial charge in [-0.1, -0.05) is 0 Å². The van der Waals surface area contributed by atoms with E-state index in [1.165, 1.54) is 0 Å². The van der Waals surface area contributed by atoms with Crippen molar-refractivity contribution >= 4 is 17.9 Å². The number of hydrogen-bond donors (Lipinski definition) is 2. The summed E-state index contributed by atoms with van der Waals surface area (Å²) in [6, 6.07) is 0. The Kier molecular flexibility index (Phi) is 2.20. The van der Waals surface area contributed by atoms with E-state index in [2.05, 4.69) is 9.78 Å². The standard InChI is InChI=1S/C6H6O7/c7-3(8)1-6(2-4(9)10)5(11)12-13-6/h1-2H2,(H,7,8)(H,9,10). The molecular weight excluding hydrogens is 184 g/mol. The molecular formula is C6H6O7. The normalized spacial score (nSPS) is 18.6. The molecule has 0 atom stereocenters. The third kappa shape index (κ3) is 1.75. The first-order valence-corrected chi connectivity index (χ1v) is 3.30. The number of rotatable bonds is 4. The number of carbonyl (C=O) groups excluding carboxylic acids is 1. The summed E-state index contributed by atoms with van der Waals surface area (Å²) in [6.07, 6.45) is -1.42. The molecule has 72 valence electrons. The lowest BCUT2D eigenvalue weighted by molar-refractivity contribution is -0.401. The molecule has 0 saturated carbocycles. The van der Waals surface area contributed by atoms with Gasteiger partial charge < -0.3 is 10.2 Å². The third-order valence-corrected chi connectivity index (χ3v) is 1.52. The highest BCUT2D eigenvalue weighted by Crippen LogP contribution is 2.31. The minimum Gasteiger partial charge on any atom is -0.481 e. The van der Waals surface area contributed by atoms with E-state index in [0.717, 1.165) is 0 Å². The summed E-state index contributed by atoms with van der Waals surface area (Å²) in [4.78, 5) is 39.4. The minimum atomic E-state index is -1.84. The van der Waals surface area contributed by atoms with Crippen LogP contribution in [0.15, 0.2) is 0 Å². The molecule has 0 spiro atoms. The van der Waals surface area contributed by atoms with E-state index in [0.29, 0.717) is 0 Å². The second kappa shape index (κ2) is 3.02. The van der Waals surface area contributed by atoms with Crippen molar-refractivity contribution in [2.45, 2.75) is 18.4 Å². The Hall–Kier alpha value is -1.63. The SMILES string of the molecule is O=C(O)CC1(CC(=O)O)OOC1=O. The summed E-state index contributed by atoms with van der Waals surface area (Å²) in [6.45, 7) is 0. The summed E-state index contributed by atoms with van der Waals surface area (Å²) in [5.41, 5.74) is -1.84. The van der Waals surface area contributed by atoms with Crippen LogP contribution in [0.2, 0.25) is 0 Å². The molecule has 1 rings (SSSR count). The Balaban J connectivity index is 2.70. The lowest BCUT2D eigenvalue weighted by Crippen LogP contribution is -2.55. The predicted molar refractivity (Wildman–Crippen MR) is 34.4 cm³/mol. The Morgan fingerprint density at radius 1 is 1.23 bits per heavy atom. The lowest BCUT2D eigenvalue weighted by Gasteiger charge is -2.33. The monoisotopic (exact) mass is 190 g/mol. The zero-order chi connectivity index (χ0) is 10.1. The van der Waals surface area contributed by atoms with Gasteiger partial charge in [0.15, 0.2) is 0 Å². The Morgan fingerprint density at radius 2 is 1.69 bits per heavy atom. The molecule has 0 aliphatic carbocycles. The topological polar surface area (TPSA) is 110 Å². The van der Waals surface area contributed by atoms with Gasteiger partial charge in [-0.3, -0.25) is 14.5 Å². The Morgan fingerprint density at radius 3 is 1.85 bits per heavy atom. The van der Waals surface area contributed by atoms with Crippen LogP contribution in [0.4, 0.5) is 0 Å². The van der Waals surface area contributed by atoms with E-state index >= 15 is 0 Å². The van der Waals surface area contributed by atoms with Gasteiger partial charge in [0.2, 0.25) is 5.60 Å². The van der Waals surface area contributed by atoms with Crippen molar-refractivity contribution in [1.29, 1.82) is 0 Å². The highest BCUT2D eigenvalue weighted by atomic mass is 17.3. The fraction of sp³-hybridized carbons (Fsp3) is 0.500. The molecule has 0 unspecified atom stereocenters. The van der Waals surface area contributed by atoms with Gasteiger partial charge in [-0.05, 0) is 0 Å². The zero-order valence-corrected chi connectivity index (χ0v) is 6.35. The van der Waals surface area contributed by atoms with Gasteiger partial charge in [-0.25, -0.2) is 4.79 Å². The van der Waals surface area contributed by atoms with Gasteiger partial charge in [0.1, 0.15) is 0 Å². The van der Waals surface area contributed by atoms with E-state index < -0.39 is 36.4 Å². The van der Waals surface area contributed by atoms with Crippen molar-refractivity contribution in [1.82, 2.24) is 0 Å². The largest absolute Gasteiger partial charge is 0.481 e. The molecule has 0 aromatic heterocycles. The van der Waals surface area contributed by atoms with E-state index in [-0.39, 0.29) is 0 Å². The number of hydrogen-bond acceptors (Lipinski definition) is 5. The molecule has 0 aromatic rings. The lowest BCUT2D eigenvalue weighted by atomic mass is 9.94. The van der Waals surface area contributed by atoms with Crippen LogP contribution >= 0.6 is 0 Å². The van der Waals surface area contributed by atoms with Crippen LogP contribution < -0.4 is 0 Å². The molecule has 0 amide bonds. The maximum atomic E-state index is 10.7. The summed E-state index contributed by atoms with van der Waals surface area (Å²) in [7, 11) is 0. The van der Waals surface area contributed by atoms with Crippen LogP contribution in [0.5, 0.6) is 0 Å². The molecule has 13 heavy (non-hydrogen) atoms. The molecule has 0 radical (unpaired) electrons. The number of carbonyl (C=O) groups is 3. The van der Waals surface area contributed by atoms with E-state index in [4.69, 9.17) is 10.2 Å². The van der Waals surface area contributed by atoms with Crippen molar-refractivity contribution in [3.8, 4) is 0 Å². The molecule has 2 N–H and O–H groups in total. The fourth-order valence-electron chi connectivity index (χ4n) is 0.948. The van der Waals surface area contributed by atoms with Crippen molar-refractivity contribution in [3.05, 3.63) is 0 Å². The summed E-state index contributed by atoms with van der Waals surface area (Å²) >= 11 is 0. The average Bonchev–Trinajstić information content (AvgIpc) is 1.99. The first kappa shape index (κ1) is 9.46. The average molecular weight is 190 g/mol. The van der Waals surface area contributed by atoms with Crippen molar-refractivity contribution in [2.75, 3.05) is 0 Å². The molecule has 0 aromatic carbocycles. The Labute approximate surface area is 71.8 Å². The van der Waals surface area contributed by atoms with Gasteiger partial charge in [0, 0.05) is 0 Å². The highest BCUT2D eigenvalue weighted by molar-refractivity contribution is 5.91. The molecule has 0 bridgehead atoms. The van der Waals surface area contributed by atoms with Crippen LogP contribution in [0, 0.1) is 0 Å². The molecule has 1 aliphatic heterocycles. The summed E-state index contributed by atoms with van der Waals surface area (Å²) in [5, 5.41) is 16.7. The highest BCUT2D eigenvalue weighted by Gasteiger charge is 2.56. The Bertz CT molecular complexity index is 252. The summed E-state index contributed by atoms with van der Waals surface area (Å²) in [5.74, 6) is -3.60. The molecule has 1 saturated heterocycles. The van der Waals surface area contributed by atoms with Gasteiger partial charge >= 0.3 is 17.9 Å². The smallest absolute Gasteiger partial charge is 0.379 e. The van der Waals surface area contributed by atoms with Gasteiger partial charge in [0.25, 0.3) is 0 Å². The van der Waals surface area contributed by atoms with Crippen molar-refractivity contribution in [2.24, 2.45) is 0 Å². The number of carboxylic acids is 2. The molecule has 7 nitrogen and oxygen atoms in total. The van der Waals surface area contributed by atoms with Crippen molar-refractivity contribution in [3.63, 3.8) is 0 Å². The zero-order valence-electron chi connectivity index (χ0n) is 6.35. The molecule has 1 aliphatic rings. The van der Waals surface area contributed by atoms with E-state index in [1.807, 2.05) is 0 Å². The molecule has 1 fully saturated rings. The quantitative estimate of drug-likeness (QED) is 0.556. The maximum absolute atomic E-state index is 10.7. The third-order valence-electron chi connectivity index (χ3n) is 1.52. The predicted octanol–water partition coefficient (Wildman–Crippen LogP) is -0.837. The van der Waals surface area contributed by atoms with Gasteiger partial charge in [-0.15, -0.1) is 0 Å². The van der Waals surface area contributed by atoms with E-state index in [9.17, 15) is 14.4 Å². The second-order valence-electron chi connectivity index (χ2n) is 2.59. The van der Waals surface area contributed by atoms with Crippen LogP contribution in [-0.4, -0.2) is 33.7 Å². The van der Waals surface area contributed by atoms with E-state index in [1.54, 1.807) is 0 Å². The van der Waals surface area contributed by atoms with Crippen molar-refractivity contribution < 1.29 is 34.4 Å². The van der Waals surface area contributed by atoms with Crippen LogP contribution in [0.3, 0.4) is 0 Å². The maximum Gasteiger partial charge on any atom is 0.379 e. The number of carboxylic acid groups (broad SMARTS) is 2. The molecule has 7 heteroatoms. The second-order valence-corrected chi connectivity index (χ2v) is 2.59. The first-order chi connectivity index (χ1) is 5.96. The molecule has 1 heterocycles. The first-order valence-electron chi connectivity index (χ1n) is 3.30. The number of aliphatic carboxylic acids is 2. The van der Waals surface area contributed by atoms with Crippen LogP contribution in [0.25, 0.3) is 0 Å². The van der Waals surface area contributed by atoms with Crippen LogP contribution in [0.1, 0.15) is 12.8 Å².